The monoisotopic (exact) mass is 486 g/mol. The van der Waals surface area contributed by atoms with E-state index in [1.54, 1.807) is 67.8 Å². The number of rotatable bonds is 6. The van der Waals surface area contributed by atoms with Crippen molar-refractivity contribution in [2.75, 3.05) is 7.11 Å². The van der Waals surface area contributed by atoms with E-state index < -0.39 is 5.97 Å². The molecule has 32 heavy (non-hydrogen) atoms. The van der Waals surface area contributed by atoms with Gasteiger partial charge in [-0.05, 0) is 71.8 Å². The van der Waals surface area contributed by atoms with E-state index in [-0.39, 0.29) is 0 Å². The van der Waals surface area contributed by atoms with Gasteiger partial charge in [-0.2, -0.15) is 0 Å². The predicted molar refractivity (Wildman–Crippen MR) is 127 cm³/mol. The van der Waals surface area contributed by atoms with Crippen LogP contribution in [-0.2, 0) is 16.1 Å². The van der Waals surface area contributed by atoms with Gasteiger partial charge in [0.25, 0.3) is 0 Å². The van der Waals surface area contributed by atoms with Crippen LogP contribution in [0.3, 0.4) is 0 Å². The lowest BCUT2D eigenvalue weighted by atomic mass is 10.1. The Balaban J connectivity index is 1.53. The molecule has 1 aliphatic heterocycles. The Kier molecular flexibility index (Phi) is 6.75. The van der Waals surface area contributed by atoms with Crippen molar-refractivity contribution < 1.29 is 19.0 Å². The van der Waals surface area contributed by atoms with Crippen LogP contribution in [0.15, 0.2) is 72.3 Å². The SMILES string of the molecule is COc1cc(/C=C2\C=C(c3ccc(Cl)cc3)OC2=O)ccc1OCc1ccc(Cl)c(Cl)c1. The first-order valence-corrected chi connectivity index (χ1v) is 10.7. The van der Waals surface area contributed by atoms with Gasteiger partial charge in [-0.15, -0.1) is 0 Å². The van der Waals surface area contributed by atoms with Gasteiger partial charge >= 0.3 is 5.97 Å². The molecule has 0 amide bonds. The summed E-state index contributed by atoms with van der Waals surface area (Å²) >= 11 is 17.9. The fourth-order valence-corrected chi connectivity index (χ4v) is 3.56. The maximum Gasteiger partial charge on any atom is 0.343 e. The average Bonchev–Trinajstić information content (AvgIpc) is 3.15. The molecule has 7 heteroatoms. The van der Waals surface area contributed by atoms with Gasteiger partial charge in [0, 0.05) is 10.6 Å². The number of halogens is 3. The molecule has 0 saturated heterocycles. The molecule has 0 bridgehead atoms. The molecule has 0 radical (unpaired) electrons. The Morgan fingerprint density at radius 3 is 2.41 bits per heavy atom. The van der Waals surface area contributed by atoms with E-state index in [1.807, 2.05) is 12.1 Å². The van der Waals surface area contributed by atoms with Crippen molar-refractivity contribution in [3.05, 3.63) is 104 Å². The average molecular weight is 488 g/mol. The highest BCUT2D eigenvalue weighted by atomic mass is 35.5. The molecule has 0 atom stereocenters. The number of methoxy groups -OCH3 is 1. The lowest BCUT2D eigenvalue weighted by Gasteiger charge is -2.12. The van der Waals surface area contributed by atoms with Crippen LogP contribution in [0.4, 0.5) is 0 Å². The highest BCUT2D eigenvalue weighted by molar-refractivity contribution is 6.42. The van der Waals surface area contributed by atoms with Gasteiger partial charge < -0.3 is 14.2 Å². The van der Waals surface area contributed by atoms with E-state index in [0.29, 0.717) is 44.5 Å². The summed E-state index contributed by atoms with van der Waals surface area (Å²) in [6, 6.07) is 17.8. The Bertz CT molecular complexity index is 1230. The summed E-state index contributed by atoms with van der Waals surface area (Å²) in [5, 5.41) is 1.57. The zero-order chi connectivity index (χ0) is 22.7. The number of ether oxygens (including phenoxy) is 3. The first-order chi connectivity index (χ1) is 15.4. The van der Waals surface area contributed by atoms with Gasteiger partial charge in [-0.1, -0.05) is 46.9 Å². The number of esters is 1. The van der Waals surface area contributed by atoms with E-state index in [4.69, 9.17) is 49.0 Å². The fourth-order valence-electron chi connectivity index (χ4n) is 3.11. The van der Waals surface area contributed by atoms with Crippen LogP contribution in [0.1, 0.15) is 16.7 Å². The number of benzene rings is 3. The smallest absolute Gasteiger partial charge is 0.343 e. The molecule has 3 aromatic carbocycles. The van der Waals surface area contributed by atoms with Crippen molar-refractivity contribution in [2.24, 2.45) is 0 Å². The van der Waals surface area contributed by atoms with Crippen LogP contribution in [0, 0.1) is 0 Å². The van der Waals surface area contributed by atoms with E-state index in [9.17, 15) is 4.79 Å². The van der Waals surface area contributed by atoms with Crippen molar-refractivity contribution in [1.82, 2.24) is 0 Å². The molecule has 0 aliphatic carbocycles. The summed E-state index contributed by atoms with van der Waals surface area (Å²) in [4.78, 5) is 12.3. The lowest BCUT2D eigenvalue weighted by Crippen LogP contribution is -1.99. The third kappa shape index (κ3) is 5.10. The quantitative estimate of drug-likeness (QED) is 0.272. The van der Waals surface area contributed by atoms with Crippen molar-refractivity contribution in [3.63, 3.8) is 0 Å². The normalized spacial score (nSPS) is 14.3. The molecule has 0 fully saturated rings. The first-order valence-electron chi connectivity index (χ1n) is 9.59. The number of carbonyl (C=O) groups excluding carboxylic acids is 1. The standard InChI is InChI=1S/C25H17Cl3O4/c1-30-24-12-15(3-9-22(24)31-14-16-2-8-20(27)21(28)11-16)10-18-13-23(32-25(18)29)17-4-6-19(26)7-5-17/h2-13H,14H2,1H3/b18-10+. The zero-order valence-electron chi connectivity index (χ0n) is 16.9. The highest BCUT2D eigenvalue weighted by Crippen LogP contribution is 2.32. The van der Waals surface area contributed by atoms with E-state index >= 15 is 0 Å². The zero-order valence-corrected chi connectivity index (χ0v) is 19.2. The number of carbonyl (C=O) groups is 1. The summed E-state index contributed by atoms with van der Waals surface area (Å²) in [6.45, 7) is 0.299. The molecular formula is C25H17Cl3O4. The molecule has 162 valence electrons. The highest BCUT2D eigenvalue weighted by Gasteiger charge is 2.22. The van der Waals surface area contributed by atoms with Crippen molar-refractivity contribution in [3.8, 4) is 11.5 Å². The molecule has 0 spiro atoms. The number of cyclic esters (lactones) is 1. The Morgan fingerprint density at radius 1 is 0.906 bits per heavy atom. The first kappa shape index (κ1) is 22.3. The second-order valence-corrected chi connectivity index (χ2v) is 8.20. The van der Waals surface area contributed by atoms with Gasteiger partial charge in [-0.3, -0.25) is 0 Å². The van der Waals surface area contributed by atoms with Gasteiger partial charge in [0.1, 0.15) is 12.4 Å². The van der Waals surface area contributed by atoms with Crippen LogP contribution in [0.5, 0.6) is 11.5 Å². The second kappa shape index (κ2) is 9.70. The van der Waals surface area contributed by atoms with Crippen molar-refractivity contribution in [2.45, 2.75) is 6.61 Å². The minimum Gasteiger partial charge on any atom is -0.493 e. The van der Waals surface area contributed by atoms with Crippen molar-refractivity contribution in [1.29, 1.82) is 0 Å². The molecule has 0 unspecified atom stereocenters. The summed E-state index contributed by atoms with van der Waals surface area (Å²) in [5.74, 6) is 1.15. The summed E-state index contributed by atoms with van der Waals surface area (Å²) in [5.41, 5.74) is 2.85. The summed E-state index contributed by atoms with van der Waals surface area (Å²) in [7, 11) is 1.56. The van der Waals surface area contributed by atoms with Crippen molar-refractivity contribution >= 4 is 52.6 Å². The minimum atomic E-state index is -0.422. The fraction of sp³-hybridized carbons (Fsp3) is 0.0800. The van der Waals surface area contributed by atoms with E-state index in [2.05, 4.69) is 0 Å². The Labute approximate surface area is 200 Å². The summed E-state index contributed by atoms with van der Waals surface area (Å²) in [6.07, 6.45) is 3.43. The molecule has 1 heterocycles. The molecule has 3 aromatic rings. The van der Waals surface area contributed by atoms with Gasteiger partial charge in [-0.25, -0.2) is 4.79 Å². The van der Waals surface area contributed by atoms with Crippen LogP contribution in [0.25, 0.3) is 11.8 Å². The van der Waals surface area contributed by atoms with Crippen LogP contribution in [0.2, 0.25) is 15.1 Å². The second-order valence-electron chi connectivity index (χ2n) is 6.95. The Hall–Kier alpha value is -2.92. The van der Waals surface area contributed by atoms with Gasteiger partial charge in [0.15, 0.2) is 11.5 Å². The largest absolute Gasteiger partial charge is 0.493 e. The van der Waals surface area contributed by atoms with Crippen LogP contribution in [-0.4, -0.2) is 13.1 Å². The molecule has 0 N–H and O–H groups in total. The molecule has 0 saturated carbocycles. The maximum atomic E-state index is 12.3. The van der Waals surface area contributed by atoms with Gasteiger partial charge in [0.05, 0.1) is 22.7 Å². The molecule has 1 aliphatic rings. The topological polar surface area (TPSA) is 44.8 Å². The third-order valence-electron chi connectivity index (χ3n) is 4.74. The Morgan fingerprint density at radius 2 is 1.69 bits per heavy atom. The predicted octanol–water partition coefficient (Wildman–Crippen LogP) is 7.22. The van der Waals surface area contributed by atoms with E-state index in [0.717, 1.165) is 16.7 Å². The molecule has 4 nitrogen and oxygen atoms in total. The van der Waals surface area contributed by atoms with E-state index in [1.165, 1.54) is 0 Å². The number of hydrogen-bond acceptors (Lipinski definition) is 4. The minimum absolute atomic E-state index is 0.299. The summed E-state index contributed by atoms with van der Waals surface area (Å²) < 4.78 is 16.7. The third-order valence-corrected chi connectivity index (χ3v) is 5.73. The maximum absolute atomic E-state index is 12.3. The van der Waals surface area contributed by atoms with Gasteiger partial charge in [0.2, 0.25) is 0 Å². The molecule has 0 aromatic heterocycles. The molecular weight excluding hydrogens is 471 g/mol. The lowest BCUT2D eigenvalue weighted by molar-refractivity contribution is -0.130. The molecule has 4 rings (SSSR count). The number of hydrogen-bond donors (Lipinski definition) is 0. The van der Waals surface area contributed by atoms with Crippen LogP contribution < -0.4 is 9.47 Å². The van der Waals surface area contributed by atoms with Crippen LogP contribution >= 0.6 is 34.8 Å².